The molecule has 1 aliphatic rings. The highest BCUT2D eigenvalue weighted by molar-refractivity contribution is 5.83. The molecule has 19 heavy (non-hydrogen) atoms. The molecule has 0 N–H and O–H groups in total. The summed E-state index contributed by atoms with van der Waals surface area (Å²) in [4.78, 5) is 6.75. The molecule has 3 rings (SSSR count). The van der Waals surface area contributed by atoms with E-state index in [-0.39, 0.29) is 0 Å². The number of pyridine rings is 1. The van der Waals surface area contributed by atoms with Gasteiger partial charge >= 0.3 is 0 Å². The van der Waals surface area contributed by atoms with Crippen molar-refractivity contribution < 1.29 is 0 Å². The minimum atomic E-state index is 0.546. The SMILES string of the molecule is CC(C)c1cn([C@@H]2C[C@@H](C)N(C)C2)c2ccncc12. The average Bonchev–Trinajstić information content (AvgIpc) is 2.91. The fraction of sp³-hybridized carbons (Fsp3) is 0.562. The molecule has 2 aromatic heterocycles. The van der Waals surface area contributed by atoms with Gasteiger partial charge in [-0.15, -0.1) is 0 Å². The Morgan fingerprint density at radius 2 is 2.16 bits per heavy atom. The van der Waals surface area contributed by atoms with Crippen LogP contribution in [0.1, 0.15) is 44.7 Å². The maximum absolute atomic E-state index is 4.30. The van der Waals surface area contributed by atoms with Gasteiger partial charge in [-0.1, -0.05) is 13.8 Å². The number of rotatable bonds is 2. The molecular weight excluding hydrogens is 234 g/mol. The Morgan fingerprint density at radius 1 is 1.37 bits per heavy atom. The topological polar surface area (TPSA) is 21.1 Å². The Bertz CT molecular complexity index is 575. The predicted octanol–water partition coefficient (Wildman–Crippen LogP) is 3.42. The smallest absolute Gasteiger partial charge is 0.0517 e. The number of likely N-dealkylation sites (tertiary alicyclic amines) is 1. The maximum Gasteiger partial charge on any atom is 0.0517 e. The first-order valence-electron chi connectivity index (χ1n) is 7.22. The third-order valence-electron chi connectivity index (χ3n) is 4.55. The summed E-state index contributed by atoms with van der Waals surface area (Å²) in [6.07, 6.45) is 7.52. The highest BCUT2D eigenvalue weighted by Gasteiger charge is 2.28. The van der Waals surface area contributed by atoms with Crippen LogP contribution in [0.15, 0.2) is 24.7 Å². The van der Waals surface area contributed by atoms with Gasteiger partial charge in [0.15, 0.2) is 0 Å². The van der Waals surface area contributed by atoms with Gasteiger partial charge in [-0.25, -0.2) is 0 Å². The highest BCUT2D eigenvalue weighted by Crippen LogP contribution is 2.33. The van der Waals surface area contributed by atoms with Crippen LogP contribution >= 0.6 is 0 Å². The second kappa shape index (κ2) is 4.64. The minimum Gasteiger partial charge on any atom is -0.343 e. The molecule has 3 heterocycles. The van der Waals surface area contributed by atoms with Crippen molar-refractivity contribution in [3.05, 3.63) is 30.2 Å². The molecule has 0 aromatic carbocycles. The molecule has 0 aliphatic carbocycles. The highest BCUT2D eigenvalue weighted by atomic mass is 15.2. The van der Waals surface area contributed by atoms with Crippen molar-refractivity contribution in [3.63, 3.8) is 0 Å². The van der Waals surface area contributed by atoms with Crippen LogP contribution in [0.4, 0.5) is 0 Å². The summed E-state index contributed by atoms with van der Waals surface area (Å²) in [6, 6.07) is 3.42. The zero-order chi connectivity index (χ0) is 13.6. The van der Waals surface area contributed by atoms with Gasteiger partial charge in [0.05, 0.1) is 5.52 Å². The fourth-order valence-electron chi connectivity index (χ4n) is 3.25. The maximum atomic E-state index is 4.30. The van der Waals surface area contributed by atoms with Crippen LogP contribution in [0, 0.1) is 0 Å². The van der Waals surface area contributed by atoms with E-state index in [2.05, 4.69) is 54.5 Å². The van der Waals surface area contributed by atoms with E-state index in [0.717, 1.165) is 6.54 Å². The molecule has 0 radical (unpaired) electrons. The second-order valence-electron chi connectivity index (χ2n) is 6.22. The van der Waals surface area contributed by atoms with Gasteiger partial charge in [0.1, 0.15) is 0 Å². The van der Waals surface area contributed by atoms with Crippen LogP contribution in [0.2, 0.25) is 0 Å². The summed E-state index contributed by atoms with van der Waals surface area (Å²) in [6.45, 7) is 7.98. The van der Waals surface area contributed by atoms with E-state index in [4.69, 9.17) is 0 Å². The standard InChI is InChI=1S/C16H23N3/c1-11(2)15-10-19(13-7-12(3)18(4)9-13)16-5-6-17-8-14(15)16/h5-6,8,10-13H,7,9H2,1-4H3/t12-,13-/m1/s1. The van der Waals surface area contributed by atoms with Crippen LogP contribution in [-0.4, -0.2) is 34.1 Å². The molecule has 0 spiro atoms. The number of hydrogen-bond acceptors (Lipinski definition) is 2. The Morgan fingerprint density at radius 3 is 2.79 bits per heavy atom. The molecule has 102 valence electrons. The molecule has 2 aromatic rings. The fourth-order valence-corrected chi connectivity index (χ4v) is 3.25. The Labute approximate surface area is 115 Å². The third-order valence-corrected chi connectivity index (χ3v) is 4.55. The van der Waals surface area contributed by atoms with Gasteiger partial charge in [-0.3, -0.25) is 4.98 Å². The Hall–Kier alpha value is -1.35. The van der Waals surface area contributed by atoms with Crippen LogP contribution < -0.4 is 0 Å². The van der Waals surface area contributed by atoms with Crippen LogP contribution in [-0.2, 0) is 0 Å². The summed E-state index contributed by atoms with van der Waals surface area (Å²) in [7, 11) is 2.22. The van der Waals surface area contributed by atoms with Gasteiger partial charge in [-0.05, 0) is 37.9 Å². The van der Waals surface area contributed by atoms with E-state index in [0.29, 0.717) is 18.0 Å². The molecule has 2 atom stereocenters. The van der Waals surface area contributed by atoms with Gasteiger partial charge in [-0.2, -0.15) is 0 Å². The largest absolute Gasteiger partial charge is 0.343 e. The Kier molecular flexibility index (Phi) is 3.09. The van der Waals surface area contributed by atoms with Crippen molar-refractivity contribution in [3.8, 4) is 0 Å². The molecule has 0 saturated carbocycles. The monoisotopic (exact) mass is 257 g/mol. The van der Waals surface area contributed by atoms with Gasteiger partial charge in [0.2, 0.25) is 0 Å². The van der Waals surface area contributed by atoms with E-state index in [1.54, 1.807) is 0 Å². The molecule has 0 amide bonds. The molecule has 3 nitrogen and oxygen atoms in total. The molecular formula is C16H23N3. The second-order valence-corrected chi connectivity index (χ2v) is 6.22. The van der Waals surface area contributed by atoms with E-state index >= 15 is 0 Å². The third kappa shape index (κ3) is 2.06. The molecule has 0 bridgehead atoms. The van der Waals surface area contributed by atoms with E-state index in [1.807, 2.05) is 12.4 Å². The van der Waals surface area contributed by atoms with E-state index < -0.39 is 0 Å². The zero-order valence-electron chi connectivity index (χ0n) is 12.3. The summed E-state index contributed by atoms with van der Waals surface area (Å²) in [5.74, 6) is 0.546. The number of aromatic nitrogens is 2. The first kappa shape index (κ1) is 12.7. The van der Waals surface area contributed by atoms with Gasteiger partial charge in [0, 0.05) is 42.6 Å². The molecule has 1 aliphatic heterocycles. The Balaban J connectivity index is 2.09. The summed E-state index contributed by atoms with van der Waals surface area (Å²) in [5.41, 5.74) is 2.76. The predicted molar refractivity (Wildman–Crippen MR) is 79.6 cm³/mol. The van der Waals surface area contributed by atoms with Crippen molar-refractivity contribution in [1.82, 2.24) is 14.5 Å². The van der Waals surface area contributed by atoms with Crippen LogP contribution in [0.5, 0.6) is 0 Å². The molecule has 3 heteroatoms. The minimum absolute atomic E-state index is 0.546. The van der Waals surface area contributed by atoms with Crippen molar-refractivity contribution in [2.24, 2.45) is 0 Å². The summed E-state index contributed by atoms with van der Waals surface area (Å²) < 4.78 is 2.48. The van der Waals surface area contributed by atoms with Crippen molar-refractivity contribution in [2.75, 3.05) is 13.6 Å². The first-order valence-corrected chi connectivity index (χ1v) is 7.22. The average molecular weight is 257 g/mol. The lowest BCUT2D eigenvalue weighted by atomic mass is 10.0. The van der Waals surface area contributed by atoms with Crippen molar-refractivity contribution >= 4 is 10.9 Å². The lowest BCUT2D eigenvalue weighted by Gasteiger charge is -2.14. The van der Waals surface area contributed by atoms with Crippen molar-refractivity contribution in [2.45, 2.75) is 45.2 Å². The van der Waals surface area contributed by atoms with Crippen LogP contribution in [0.25, 0.3) is 10.9 Å². The first-order chi connectivity index (χ1) is 9.08. The summed E-state index contributed by atoms with van der Waals surface area (Å²) in [5, 5.41) is 1.32. The lowest BCUT2D eigenvalue weighted by Crippen LogP contribution is -2.21. The quantitative estimate of drug-likeness (QED) is 0.822. The normalized spacial score (nSPS) is 24.7. The summed E-state index contributed by atoms with van der Waals surface area (Å²) >= 11 is 0. The molecule has 0 unspecified atom stereocenters. The molecule has 1 fully saturated rings. The van der Waals surface area contributed by atoms with Gasteiger partial charge in [0.25, 0.3) is 0 Å². The van der Waals surface area contributed by atoms with E-state index in [9.17, 15) is 0 Å². The van der Waals surface area contributed by atoms with Gasteiger partial charge < -0.3 is 9.47 Å². The zero-order valence-corrected chi connectivity index (χ0v) is 12.3. The van der Waals surface area contributed by atoms with Crippen LogP contribution in [0.3, 0.4) is 0 Å². The lowest BCUT2D eigenvalue weighted by molar-refractivity contribution is 0.325. The number of likely N-dealkylation sites (N-methyl/N-ethyl adjacent to an activating group) is 1. The van der Waals surface area contributed by atoms with E-state index in [1.165, 1.54) is 22.9 Å². The molecule has 1 saturated heterocycles. The number of fused-ring (bicyclic) bond motifs is 1. The number of nitrogens with zero attached hydrogens (tertiary/aromatic N) is 3. The van der Waals surface area contributed by atoms with Crippen molar-refractivity contribution in [1.29, 1.82) is 0 Å². The number of hydrogen-bond donors (Lipinski definition) is 0.